The summed E-state index contributed by atoms with van der Waals surface area (Å²) in [7, 11) is 0. The van der Waals surface area contributed by atoms with Crippen molar-refractivity contribution >= 4 is 0 Å². The number of aliphatic hydroxyl groups excluding tert-OH is 1. The smallest absolute Gasteiger partial charge is 0.0844 e. The van der Waals surface area contributed by atoms with Gasteiger partial charge in [-0.1, -0.05) is 5.57 Å². The Kier molecular flexibility index (Phi) is 1.10. The number of rotatable bonds is 0. The molecule has 0 aliphatic heterocycles. The third-order valence-electron chi connectivity index (χ3n) is 2.20. The van der Waals surface area contributed by atoms with Gasteiger partial charge in [0, 0.05) is 12.0 Å². The molecule has 0 spiro atoms. The summed E-state index contributed by atoms with van der Waals surface area (Å²) in [4.78, 5) is 0. The number of allylic oxidation sites excluding steroid dienone is 1. The number of fused-ring (bicyclic) bond motifs is 1. The molecule has 2 aliphatic rings. The molecule has 0 saturated heterocycles. The minimum Gasteiger partial charge on any atom is -0.388 e. The van der Waals surface area contributed by atoms with Crippen LogP contribution in [-0.2, 0) is 0 Å². The zero-order chi connectivity index (χ0) is 7.14. The normalized spacial score (nSPS) is 29.4. The molecule has 0 aromatic rings. The largest absolute Gasteiger partial charge is 0.388 e. The maximum absolute atomic E-state index is 9.28. The average Bonchev–Trinajstić information content (AvgIpc) is 1.85. The summed E-state index contributed by atoms with van der Waals surface area (Å²) in [6.07, 6.45) is 3.63. The zero-order valence-corrected chi connectivity index (χ0v) is 6.02. The fraction of sp³-hybridized carbons (Fsp3) is 0.444. The van der Waals surface area contributed by atoms with Gasteiger partial charge in [-0.25, -0.2) is 0 Å². The predicted molar refractivity (Wildman–Crippen MR) is 39.5 cm³/mol. The molecule has 2 aliphatic carbocycles. The second-order valence-electron chi connectivity index (χ2n) is 2.95. The SMILES string of the molecule is CC1=C2C(=C=CC1)CC2O. The van der Waals surface area contributed by atoms with Crippen LogP contribution in [-0.4, -0.2) is 11.2 Å². The highest BCUT2D eigenvalue weighted by atomic mass is 16.3. The molecule has 1 nitrogen and oxygen atoms in total. The van der Waals surface area contributed by atoms with Gasteiger partial charge in [0.25, 0.3) is 0 Å². The van der Waals surface area contributed by atoms with Crippen LogP contribution in [0.3, 0.4) is 0 Å². The third kappa shape index (κ3) is 0.620. The first-order valence-electron chi connectivity index (χ1n) is 3.61. The van der Waals surface area contributed by atoms with E-state index in [9.17, 15) is 5.11 Å². The van der Waals surface area contributed by atoms with Gasteiger partial charge >= 0.3 is 0 Å². The van der Waals surface area contributed by atoms with E-state index in [1.54, 1.807) is 0 Å². The summed E-state index contributed by atoms with van der Waals surface area (Å²) in [5, 5.41) is 9.28. The molecule has 1 unspecified atom stereocenters. The Hall–Kier alpha value is -0.780. The minimum absolute atomic E-state index is 0.184. The summed E-state index contributed by atoms with van der Waals surface area (Å²) < 4.78 is 0. The van der Waals surface area contributed by atoms with Crippen LogP contribution in [0.1, 0.15) is 19.8 Å². The average molecular weight is 134 g/mol. The fourth-order valence-corrected chi connectivity index (χ4v) is 1.59. The third-order valence-corrected chi connectivity index (χ3v) is 2.20. The summed E-state index contributed by atoms with van der Waals surface area (Å²) in [5.74, 6) is 0. The van der Waals surface area contributed by atoms with Crippen molar-refractivity contribution in [1.82, 2.24) is 0 Å². The van der Waals surface area contributed by atoms with Gasteiger partial charge in [0.05, 0.1) is 6.10 Å². The molecule has 10 heavy (non-hydrogen) atoms. The topological polar surface area (TPSA) is 20.2 Å². The van der Waals surface area contributed by atoms with E-state index in [0.29, 0.717) is 0 Å². The molecule has 1 N–H and O–H groups in total. The van der Waals surface area contributed by atoms with E-state index in [0.717, 1.165) is 18.4 Å². The lowest BCUT2D eigenvalue weighted by atomic mass is 9.77. The van der Waals surface area contributed by atoms with Crippen molar-refractivity contribution in [1.29, 1.82) is 0 Å². The van der Waals surface area contributed by atoms with Crippen LogP contribution in [0.15, 0.2) is 28.5 Å². The summed E-state index contributed by atoms with van der Waals surface area (Å²) in [6, 6.07) is 0. The Labute approximate surface area is 60.4 Å². The fourth-order valence-electron chi connectivity index (χ4n) is 1.59. The van der Waals surface area contributed by atoms with Gasteiger partial charge in [-0.3, -0.25) is 0 Å². The monoisotopic (exact) mass is 134 g/mol. The van der Waals surface area contributed by atoms with Gasteiger partial charge in [-0.2, -0.15) is 0 Å². The first-order valence-corrected chi connectivity index (χ1v) is 3.61. The molecule has 1 saturated carbocycles. The molecule has 52 valence electrons. The second kappa shape index (κ2) is 1.85. The lowest BCUT2D eigenvalue weighted by Gasteiger charge is -2.30. The van der Waals surface area contributed by atoms with Gasteiger partial charge < -0.3 is 5.11 Å². The minimum atomic E-state index is -0.184. The first kappa shape index (κ1) is 5.96. The molecule has 2 rings (SSSR count). The van der Waals surface area contributed by atoms with Crippen molar-refractivity contribution in [2.75, 3.05) is 0 Å². The Morgan fingerprint density at radius 2 is 2.50 bits per heavy atom. The van der Waals surface area contributed by atoms with Gasteiger partial charge in [0.1, 0.15) is 0 Å². The predicted octanol–water partition coefficient (Wildman–Crippen LogP) is 1.55. The molecule has 0 aromatic carbocycles. The first-order chi connectivity index (χ1) is 4.79. The summed E-state index contributed by atoms with van der Waals surface area (Å²) >= 11 is 0. The van der Waals surface area contributed by atoms with E-state index in [-0.39, 0.29) is 6.10 Å². The molecule has 1 atom stereocenters. The number of hydrogen-bond donors (Lipinski definition) is 1. The van der Waals surface area contributed by atoms with Crippen LogP contribution in [0.4, 0.5) is 0 Å². The number of aliphatic hydroxyl groups is 1. The maximum atomic E-state index is 9.28. The second-order valence-corrected chi connectivity index (χ2v) is 2.95. The van der Waals surface area contributed by atoms with E-state index >= 15 is 0 Å². The van der Waals surface area contributed by atoms with E-state index < -0.39 is 0 Å². The lowest BCUT2D eigenvalue weighted by Crippen LogP contribution is -2.26. The van der Waals surface area contributed by atoms with Crippen LogP contribution in [0.25, 0.3) is 0 Å². The van der Waals surface area contributed by atoms with E-state index in [1.165, 1.54) is 11.1 Å². The highest BCUT2D eigenvalue weighted by Crippen LogP contribution is 2.37. The van der Waals surface area contributed by atoms with E-state index in [2.05, 4.69) is 12.7 Å². The van der Waals surface area contributed by atoms with E-state index in [4.69, 9.17) is 0 Å². The van der Waals surface area contributed by atoms with Crippen molar-refractivity contribution in [2.24, 2.45) is 0 Å². The molecular formula is C9H10O. The van der Waals surface area contributed by atoms with Crippen LogP contribution in [0, 0.1) is 0 Å². The van der Waals surface area contributed by atoms with Crippen molar-refractivity contribution < 1.29 is 5.11 Å². The summed E-state index contributed by atoms with van der Waals surface area (Å²) in [5.41, 5.74) is 6.84. The Morgan fingerprint density at radius 1 is 1.70 bits per heavy atom. The molecule has 0 aromatic heterocycles. The van der Waals surface area contributed by atoms with Gasteiger partial charge in [-0.05, 0) is 25.0 Å². The number of hydrogen-bond acceptors (Lipinski definition) is 1. The van der Waals surface area contributed by atoms with Crippen LogP contribution < -0.4 is 0 Å². The molecule has 0 radical (unpaired) electrons. The molecule has 1 fully saturated rings. The Morgan fingerprint density at radius 3 is 3.00 bits per heavy atom. The molecule has 0 heterocycles. The Bertz CT molecular complexity index is 264. The quantitative estimate of drug-likeness (QED) is 0.498. The van der Waals surface area contributed by atoms with Crippen LogP contribution >= 0.6 is 0 Å². The highest BCUT2D eigenvalue weighted by molar-refractivity contribution is 5.49. The van der Waals surface area contributed by atoms with E-state index in [1.807, 2.05) is 6.08 Å². The Balaban J connectivity index is 2.47. The molecule has 0 bridgehead atoms. The summed E-state index contributed by atoms with van der Waals surface area (Å²) in [6.45, 7) is 2.08. The van der Waals surface area contributed by atoms with Crippen molar-refractivity contribution in [3.05, 3.63) is 28.5 Å². The van der Waals surface area contributed by atoms with Crippen molar-refractivity contribution in [2.45, 2.75) is 25.9 Å². The maximum Gasteiger partial charge on any atom is 0.0844 e. The van der Waals surface area contributed by atoms with Gasteiger partial charge in [0.2, 0.25) is 0 Å². The molecule has 0 amide bonds. The van der Waals surface area contributed by atoms with Crippen LogP contribution in [0.2, 0.25) is 0 Å². The van der Waals surface area contributed by atoms with Crippen molar-refractivity contribution in [3.63, 3.8) is 0 Å². The van der Waals surface area contributed by atoms with Crippen molar-refractivity contribution in [3.8, 4) is 0 Å². The van der Waals surface area contributed by atoms with Gasteiger partial charge in [0.15, 0.2) is 0 Å². The molecule has 1 heteroatoms. The zero-order valence-electron chi connectivity index (χ0n) is 6.02. The van der Waals surface area contributed by atoms with Crippen LogP contribution in [0.5, 0.6) is 0 Å². The lowest BCUT2D eigenvalue weighted by molar-refractivity contribution is 0.184. The van der Waals surface area contributed by atoms with Gasteiger partial charge in [-0.15, -0.1) is 5.73 Å². The molecular weight excluding hydrogens is 124 g/mol. The standard InChI is InChI=1S/C9H10O/c1-6-3-2-4-7-5-8(10)9(6)7/h2,8,10H,3,5H2,1H3. The highest BCUT2D eigenvalue weighted by Gasteiger charge is 2.30.